The Hall–Kier alpha value is -1.45. The fourth-order valence-corrected chi connectivity index (χ4v) is 3.29. The van der Waals surface area contributed by atoms with E-state index in [1.54, 1.807) is 0 Å². The van der Waals surface area contributed by atoms with Gasteiger partial charge in [-0.05, 0) is 50.1 Å². The molecule has 2 atom stereocenters. The van der Waals surface area contributed by atoms with Crippen molar-refractivity contribution in [3.8, 4) is 0 Å². The fraction of sp³-hybridized carbons (Fsp3) is 0.471. The third-order valence-corrected chi connectivity index (χ3v) is 4.57. The fourth-order valence-electron chi connectivity index (χ4n) is 3.29. The number of rotatable bonds is 2. The minimum Gasteiger partial charge on any atom is -0.385 e. The minimum absolute atomic E-state index is 0.270. The van der Waals surface area contributed by atoms with Gasteiger partial charge in [0.25, 0.3) is 0 Å². The first kappa shape index (κ1) is 13.5. The van der Waals surface area contributed by atoms with E-state index >= 15 is 0 Å². The zero-order chi connectivity index (χ0) is 14.2. The van der Waals surface area contributed by atoms with E-state index < -0.39 is 5.60 Å². The Morgan fingerprint density at radius 2 is 2.20 bits per heavy atom. The maximum Gasteiger partial charge on any atom is 0.0948 e. The highest BCUT2D eigenvalue weighted by Gasteiger charge is 2.39. The summed E-state index contributed by atoms with van der Waals surface area (Å²) in [5.74, 6) is 0.270. The lowest BCUT2D eigenvalue weighted by Gasteiger charge is -2.40. The molecule has 0 aliphatic carbocycles. The second-order valence-electron chi connectivity index (χ2n) is 5.84. The summed E-state index contributed by atoms with van der Waals surface area (Å²) in [5, 5.41) is 15.6. The normalized spacial score (nSPS) is 26.9. The molecule has 0 spiro atoms. The second kappa shape index (κ2) is 5.15. The van der Waals surface area contributed by atoms with Gasteiger partial charge in [0.05, 0.1) is 11.1 Å². The average molecular weight is 270 g/mol. The Morgan fingerprint density at radius 3 is 3.00 bits per heavy atom. The van der Waals surface area contributed by atoms with Crippen LogP contribution in [0.1, 0.15) is 31.0 Å². The Kier molecular flexibility index (Phi) is 3.48. The summed E-state index contributed by atoms with van der Waals surface area (Å²) in [7, 11) is 0. The van der Waals surface area contributed by atoms with Gasteiger partial charge in [-0.15, -0.1) is 0 Å². The summed E-state index contributed by atoms with van der Waals surface area (Å²) < 4.78 is 0. The van der Waals surface area contributed by atoms with Crippen molar-refractivity contribution < 1.29 is 5.11 Å². The van der Waals surface area contributed by atoms with E-state index in [1.165, 1.54) is 0 Å². The van der Waals surface area contributed by atoms with Crippen LogP contribution in [0.2, 0.25) is 0 Å². The van der Waals surface area contributed by atoms with Crippen molar-refractivity contribution in [2.24, 2.45) is 5.92 Å². The highest BCUT2D eigenvalue weighted by molar-refractivity contribution is 5.79. The maximum atomic E-state index is 11.2. The van der Waals surface area contributed by atoms with Gasteiger partial charge in [-0.3, -0.25) is 4.98 Å². The van der Waals surface area contributed by atoms with Gasteiger partial charge < -0.3 is 10.4 Å². The first-order chi connectivity index (χ1) is 9.63. The van der Waals surface area contributed by atoms with Crippen LogP contribution in [0.3, 0.4) is 0 Å². The largest absolute Gasteiger partial charge is 0.385 e. The molecule has 3 heteroatoms. The van der Waals surface area contributed by atoms with E-state index in [0.717, 1.165) is 48.1 Å². The summed E-state index contributed by atoms with van der Waals surface area (Å²) >= 11 is 0. The zero-order valence-electron chi connectivity index (χ0n) is 12.2. The first-order valence-corrected chi connectivity index (χ1v) is 7.44. The van der Waals surface area contributed by atoms with Crippen molar-refractivity contribution >= 4 is 10.9 Å². The van der Waals surface area contributed by atoms with Gasteiger partial charge in [-0.2, -0.15) is 0 Å². The molecule has 3 nitrogen and oxygen atoms in total. The molecule has 0 radical (unpaired) electrons. The molecule has 2 heterocycles. The van der Waals surface area contributed by atoms with Crippen LogP contribution in [-0.4, -0.2) is 23.2 Å². The Balaban J connectivity index is 2.06. The summed E-state index contributed by atoms with van der Waals surface area (Å²) in [6, 6.07) is 10.3. The van der Waals surface area contributed by atoms with Gasteiger partial charge in [-0.25, -0.2) is 0 Å². The molecule has 1 aliphatic rings. The lowest BCUT2D eigenvalue weighted by Crippen LogP contribution is -2.47. The number of piperidine rings is 1. The van der Waals surface area contributed by atoms with E-state index in [2.05, 4.69) is 29.4 Å². The molecule has 2 unspecified atom stereocenters. The lowest BCUT2D eigenvalue weighted by atomic mass is 9.75. The Bertz CT molecular complexity index is 625. The highest BCUT2D eigenvalue weighted by atomic mass is 16.3. The predicted molar refractivity (Wildman–Crippen MR) is 81.6 cm³/mol. The third kappa shape index (κ3) is 2.21. The smallest absolute Gasteiger partial charge is 0.0948 e. The molecule has 2 N–H and O–H groups in total. The number of nitrogens with one attached hydrogen (secondary N) is 1. The standard InChI is InChI=1S/C17H22N2O/c1-3-14-11-18-9-8-17(14,20)15-6-7-16-13(10-15)5-4-12(2)19-16/h4-7,10,14,18,20H,3,8-9,11H2,1-2H3. The SMILES string of the molecule is CCC1CNCCC1(O)c1ccc2nc(C)ccc2c1. The van der Waals surface area contributed by atoms with Gasteiger partial charge in [-0.1, -0.05) is 19.1 Å². The molecule has 0 saturated carbocycles. The number of hydrogen-bond donors (Lipinski definition) is 2. The van der Waals surface area contributed by atoms with Crippen molar-refractivity contribution in [3.05, 3.63) is 41.6 Å². The minimum atomic E-state index is -0.709. The molecule has 0 bridgehead atoms. The highest BCUT2D eigenvalue weighted by Crippen LogP contribution is 2.37. The third-order valence-electron chi connectivity index (χ3n) is 4.57. The van der Waals surface area contributed by atoms with Crippen LogP contribution in [0, 0.1) is 12.8 Å². The van der Waals surface area contributed by atoms with Gasteiger partial charge in [0.15, 0.2) is 0 Å². The number of fused-ring (bicyclic) bond motifs is 1. The zero-order valence-corrected chi connectivity index (χ0v) is 12.2. The van der Waals surface area contributed by atoms with Crippen LogP contribution in [0.4, 0.5) is 0 Å². The van der Waals surface area contributed by atoms with E-state index in [1.807, 2.05) is 25.1 Å². The van der Waals surface area contributed by atoms with Crippen molar-refractivity contribution in [2.75, 3.05) is 13.1 Å². The summed E-state index contributed by atoms with van der Waals surface area (Å²) in [6.45, 7) is 5.91. The van der Waals surface area contributed by atoms with Crippen LogP contribution in [0.5, 0.6) is 0 Å². The van der Waals surface area contributed by atoms with Crippen LogP contribution >= 0.6 is 0 Å². The maximum absolute atomic E-state index is 11.2. The number of nitrogens with zero attached hydrogens (tertiary/aromatic N) is 1. The summed E-state index contributed by atoms with van der Waals surface area (Å²) in [5.41, 5.74) is 2.35. The number of pyridine rings is 1. The lowest BCUT2D eigenvalue weighted by molar-refractivity contribution is -0.0477. The van der Waals surface area contributed by atoms with Gasteiger partial charge >= 0.3 is 0 Å². The van der Waals surface area contributed by atoms with Crippen molar-refractivity contribution in [3.63, 3.8) is 0 Å². The predicted octanol–water partition coefficient (Wildman–Crippen LogP) is 2.75. The van der Waals surface area contributed by atoms with E-state index in [9.17, 15) is 5.11 Å². The Labute approximate surface area is 120 Å². The molecule has 20 heavy (non-hydrogen) atoms. The molecule has 1 aromatic heterocycles. The molecule has 1 saturated heterocycles. The molecule has 106 valence electrons. The van der Waals surface area contributed by atoms with Crippen molar-refractivity contribution in [1.82, 2.24) is 10.3 Å². The number of benzene rings is 1. The first-order valence-electron chi connectivity index (χ1n) is 7.44. The molecule has 1 fully saturated rings. The molecule has 0 amide bonds. The molecule has 2 aromatic rings. The topological polar surface area (TPSA) is 45.1 Å². The van der Waals surface area contributed by atoms with E-state index in [-0.39, 0.29) is 5.92 Å². The van der Waals surface area contributed by atoms with E-state index in [4.69, 9.17) is 0 Å². The molecule has 3 rings (SSSR count). The van der Waals surface area contributed by atoms with Crippen molar-refractivity contribution in [1.29, 1.82) is 0 Å². The van der Waals surface area contributed by atoms with Crippen LogP contribution in [-0.2, 0) is 5.60 Å². The second-order valence-corrected chi connectivity index (χ2v) is 5.84. The van der Waals surface area contributed by atoms with Gasteiger partial charge in [0.1, 0.15) is 0 Å². The summed E-state index contributed by atoms with van der Waals surface area (Å²) in [6.07, 6.45) is 1.75. The number of aryl methyl sites for hydroxylation is 1. The quantitative estimate of drug-likeness (QED) is 0.882. The number of aliphatic hydroxyl groups is 1. The van der Waals surface area contributed by atoms with Crippen LogP contribution < -0.4 is 5.32 Å². The Morgan fingerprint density at radius 1 is 1.35 bits per heavy atom. The van der Waals surface area contributed by atoms with Gasteiger partial charge in [0, 0.05) is 23.5 Å². The molecule has 1 aliphatic heterocycles. The van der Waals surface area contributed by atoms with Crippen molar-refractivity contribution in [2.45, 2.75) is 32.3 Å². The molecular weight excluding hydrogens is 248 g/mol. The monoisotopic (exact) mass is 270 g/mol. The number of hydrogen-bond acceptors (Lipinski definition) is 3. The van der Waals surface area contributed by atoms with Crippen LogP contribution in [0.15, 0.2) is 30.3 Å². The molecular formula is C17H22N2O. The average Bonchev–Trinajstić information content (AvgIpc) is 2.47. The molecule has 1 aromatic carbocycles. The summed E-state index contributed by atoms with van der Waals surface area (Å²) in [4.78, 5) is 4.53. The number of aromatic nitrogens is 1. The van der Waals surface area contributed by atoms with E-state index in [0.29, 0.717) is 0 Å². The van der Waals surface area contributed by atoms with Gasteiger partial charge in [0.2, 0.25) is 0 Å². The van der Waals surface area contributed by atoms with Crippen LogP contribution in [0.25, 0.3) is 10.9 Å².